The van der Waals surface area contributed by atoms with E-state index in [9.17, 15) is 19.7 Å². The van der Waals surface area contributed by atoms with E-state index in [4.69, 9.17) is 4.74 Å². The van der Waals surface area contributed by atoms with Gasteiger partial charge in [-0.05, 0) is 26.7 Å². The van der Waals surface area contributed by atoms with E-state index < -0.39 is 28.8 Å². The first kappa shape index (κ1) is 12.6. The summed E-state index contributed by atoms with van der Waals surface area (Å²) in [5.74, 6) is -1.52. The molecule has 6 heteroatoms. The van der Waals surface area contributed by atoms with Crippen molar-refractivity contribution < 1.29 is 19.2 Å². The second-order valence-electron chi connectivity index (χ2n) is 4.33. The number of carbonyl (C=O) groups is 2. The van der Waals surface area contributed by atoms with Gasteiger partial charge in [-0.3, -0.25) is 19.7 Å². The molecule has 2 atom stereocenters. The van der Waals surface area contributed by atoms with Gasteiger partial charge >= 0.3 is 5.97 Å². The fraction of sp³-hybridized carbons (Fsp3) is 0.800. The predicted molar refractivity (Wildman–Crippen MR) is 54.3 cm³/mol. The lowest BCUT2D eigenvalue weighted by atomic mass is 9.71. The highest BCUT2D eigenvalue weighted by Gasteiger charge is 2.48. The zero-order chi connectivity index (χ0) is 12.3. The number of rotatable bonds is 4. The first-order valence-corrected chi connectivity index (χ1v) is 5.17. The van der Waals surface area contributed by atoms with Crippen LogP contribution in [0.4, 0.5) is 0 Å². The third-order valence-electron chi connectivity index (χ3n) is 3.20. The van der Waals surface area contributed by atoms with E-state index in [0.717, 1.165) is 0 Å². The first-order valence-electron chi connectivity index (χ1n) is 5.17. The first-order chi connectivity index (χ1) is 7.38. The van der Waals surface area contributed by atoms with Crippen LogP contribution >= 0.6 is 0 Å². The Balaban J connectivity index is 2.95. The van der Waals surface area contributed by atoms with Gasteiger partial charge in [0.15, 0.2) is 0 Å². The Bertz CT molecular complexity index is 327. The molecule has 0 aromatic carbocycles. The monoisotopic (exact) mass is 229 g/mol. The van der Waals surface area contributed by atoms with Crippen LogP contribution in [-0.4, -0.2) is 29.8 Å². The largest absolute Gasteiger partial charge is 0.465 e. The lowest BCUT2D eigenvalue weighted by Crippen LogP contribution is -2.46. The smallest absolute Gasteiger partial charge is 0.310 e. The minimum Gasteiger partial charge on any atom is -0.465 e. The molecule has 1 fully saturated rings. The summed E-state index contributed by atoms with van der Waals surface area (Å²) in [5, 5.41) is 10.6. The molecule has 0 spiro atoms. The zero-order valence-electron chi connectivity index (χ0n) is 9.39. The van der Waals surface area contributed by atoms with Gasteiger partial charge in [-0.25, -0.2) is 0 Å². The Morgan fingerprint density at radius 3 is 2.75 bits per heavy atom. The second-order valence-corrected chi connectivity index (χ2v) is 4.33. The molecule has 1 heterocycles. The van der Waals surface area contributed by atoms with Crippen LogP contribution < -0.4 is 0 Å². The van der Waals surface area contributed by atoms with E-state index in [-0.39, 0.29) is 5.78 Å². The fourth-order valence-corrected chi connectivity index (χ4v) is 1.99. The number of esters is 1. The minimum absolute atomic E-state index is 0.335. The average molecular weight is 229 g/mol. The van der Waals surface area contributed by atoms with Gasteiger partial charge in [-0.2, -0.15) is 0 Å². The number of nitro groups is 1. The lowest BCUT2D eigenvalue weighted by Gasteiger charge is -2.32. The molecule has 6 nitrogen and oxygen atoms in total. The van der Waals surface area contributed by atoms with Crippen molar-refractivity contribution in [3.63, 3.8) is 0 Å². The summed E-state index contributed by atoms with van der Waals surface area (Å²) in [6, 6.07) is 0. The number of ether oxygens (including phenoxy) is 1. The van der Waals surface area contributed by atoms with E-state index >= 15 is 0 Å². The standard InChI is InChI=1S/C10H15NO5/c1-7(12)10(2,6-11(14)15)8-4-3-5-16-9(8)13/h8H,3-6H2,1-2H3. The quantitative estimate of drug-likeness (QED) is 0.404. The molecule has 2 unspecified atom stereocenters. The normalized spacial score (nSPS) is 24.4. The Morgan fingerprint density at radius 2 is 2.31 bits per heavy atom. The van der Waals surface area contributed by atoms with Crippen molar-refractivity contribution >= 4 is 11.8 Å². The fourth-order valence-electron chi connectivity index (χ4n) is 1.99. The molecule has 0 amide bonds. The van der Waals surface area contributed by atoms with Crippen LogP contribution in [0.1, 0.15) is 26.7 Å². The maximum Gasteiger partial charge on any atom is 0.310 e. The van der Waals surface area contributed by atoms with Crippen molar-refractivity contribution in [3.8, 4) is 0 Å². The molecule has 1 aliphatic heterocycles. The molecule has 0 aromatic rings. The topological polar surface area (TPSA) is 86.5 Å². The van der Waals surface area contributed by atoms with E-state index in [1.165, 1.54) is 13.8 Å². The number of ketones is 1. The third kappa shape index (κ3) is 2.37. The summed E-state index contributed by atoms with van der Waals surface area (Å²) in [6.45, 7) is 2.56. The molecule has 0 N–H and O–H groups in total. The minimum atomic E-state index is -1.25. The maximum atomic E-state index is 11.5. The number of cyclic esters (lactones) is 1. The van der Waals surface area contributed by atoms with Crippen LogP contribution in [0, 0.1) is 21.4 Å². The van der Waals surface area contributed by atoms with Gasteiger partial charge < -0.3 is 4.74 Å². The SMILES string of the molecule is CC(=O)C(C)(C[N+](=O)[O-])C1CCCOC1=O. The summed E-state index contributed by atoms with van der Waals surface area (Å²) < 4.78 is 4.85. The number of Topliss-reactive ketones (excluding diaryl/α,β-unsaturated/α-hetero) is 1. The molecule has 0 aliphatic carbocycles. The highest BCUT2D eigenvalue weighted by molar-refractivity contribution is 5.88. The summed E-state index contributed by atoms with van der Waals surface area (Å²) in [7, 11) is 0. The van der Waals surface area contributed by atoms with Crippen molar-refractivity contribution in [1.29, 1.82) is 0 Å². The van der Waals surface area contributed by atoms with Crippen LogP contribution in [0.2, 0.25) is 0 Å². The van der Waals surface area contributed by atoms with E-state index in [1.54, 1.807) is 0 Å². The molecule has 1 saturated heterocycles. The molecule has 0 saturated carbocycles. The van der Waals surface area contributed by atoms with Crippen molar-refractivity contribution in [1.82, 2.24) is 0 Å². The summed E-state index contributed by atoms with van der Waals surface area (Å²) in [4.78, 5) is 33.1. The van der Waals surface area contributed by atoms with Gasteiger partial charge in [0.25, 0.3) is 0 Å². The zero-order valence-corrected chi connectivity index (χ0v) is 9.39. The van der Waals surface area contributed by atoms with Gasteiger partial charge in [-0.1, -0.05) is 0 Å². The van der Waals surface area contributed by atoms with Crippen LogP contribution in [0.3, 0.4) is 0 Å². The van der Waals surface area contributed by atoms with Crippen LogP contribution in [0.15, 0.2) is 0 Å². The van der Waals surface area contributed by atoms with Crippen LogP contribution in [-0.2, 0) is 14.3 Å². The number of carbonyl (C=O) groups excluding carboxylic acids is 2. The highest BCUT2D eigenvalue weighted by Crippen LogP contribution is 2.35. The Kier molecular flexibility index (Phi) is 3.62. The van der Waals surface area contributed by atoms with E-state index in [0.29, 0.717) is 19.4 Å². The van der Waals surface area contributed by atoms with Gasteiger partial charge in [0.05, 0.1) is 12.5 Å². The molecule has 0 bridgehead atoms. The number of hydrogen-bond donors (Lipinski definition) is 0. The van der Waals surface area contributed by atoms with Crippen LogP contribution in [0.25, 0.3) is 0 Å². The second kappa shape index (κ2) is 4.59. The Morgan fingerprint density at radius 1 is 1.69 bits per heavy atom. The van der Waals surface area contributed by atoms with E-state index in [2.05, 4.69) is 0 Å². The summed E-state index contributed by atoms with van der Waals surface area (Å²) in [6.07, 6.45) is 1.12. The summed E-state index contributed by atoms with van der Waals surface area (Å²) >= 11 is 0. The third-order valence-corrected chi connectivity index (χ3v) is 3.20. The molecule has 0 aromatic heterocycles. The van der Waals surface area contributed by atoms with Crippen LogP contribution in [0.5, 0.6) is 0 Å². The molecule has 1 aliphatic rings. The molecular formula is C10H15NO5. The van der Waals surface area contributed by atoms with Crippen molar-refractivity contribution in [2.75, 3.05) is 13.2 Å². The molecule has 16 heavy (non-hydrogen) atoms. The highest BCUT2D eigenvalue weighted by atomic mass is 16.6. The van der Waals surface area contributed by atoms with Crippen molar-refractivity contribution in [3.05, 3.63) is 10.1 Å². The van der Waals surface area contributed by atoms with Crippen molar-refractivity contribution in [2.24, 2.45) is 11.3 Å². The maximum absolute atomic E-state index is 11.5. The predicted octanol–water partition coefficient (Wildman–Crippen LogP) is 0.812. The number of nitrogens with zero attached hydrogens (tertiary/aromatic N) is 1. The number of hydrogen-bond acceptors (Lipinski definition) is 5. The molecule has 0 radical (unpaired) electrons. The van der Waals surface area contributed by atoms with Gasteiger partial charge in [0, 0.05) is 4.92 Å². The lowest BCUT2D eigenvalue weighted by molar-refractivity contribution is -0.495. The molecular weight excluding hydrogens is 214 g/mol. The van der Waals surface area contributed by atoms with Gasteiger partial charge in [-0.15, -0.1) is 0 Å². The Labute approximate surface area is 93.1 Å². The summed E-state index contributed by atoms with van der Waals surface area (Å²) in [5.41, 5.74) is -1.25. The van der Waals surface area contributed by atoms with Gasteiger partial charge in [0.2, 0.25) is 6.54 Å². The molecule has 90 valence electrons. The van der Waals surface area contributed by atoms with E-state index in [1.807, 2.05) is 0 Å². The molecule has 1 rings (SSSR count). The van der Waals surface area contributed by atoms with Crippen molar-refractivity contribution in [2.45, 2.75) is 26.7 Å². The average Bonchev–Trinajstić information content (AvgIpc) is 2.16. The van der Waals surface area contributed by atoms with Gasteiger partial charge in [0.1, 0.15) is 11.2 Å². The Hall–Kier alpha value is -1.46.